The van der Waals surface area contributed by atoms with Crippen LogP contribution in [0.2, 0.25) is 0 Å². The third kappa shape index (κ3) is 7.13. The molecule has 0 aromatic heterocycles. The molecule has 0 saturated carbocycles. The summed E-state index contributed by atoms with van der Waals surface area (Å²) < 4.78 is 6.84. The van der Waals surface area contributed by atoms with Crippen LogP contribution in [-0.2, 0) is 16.1 Å². The molecule has 33 heavy (non-hydrogen) atoms. The number of hydrogen-bond donors (Lipinski definition) is 0. The zero-order valence-electron chi connectivity index (χ0n) is 19.3. The quantitative estimate of drug-likeness (QED) is 0.238. The topological polar surface area (TPSA) is 29.5 Å². The number of ether oxygens (including phenoxy) is 1. The Kier molecular flexibility index (Phi) is 9.47. The Bertz CT molecular complexity index is 935. The van der Waals surface area contributed by atoms with E-state index in [1.165, 1.54) is 5.56 Å². The minimum atomic E-state index is -0.385. The van der Waals surface area contributed by atoms with Crippen molar-refractivity contribution in [1.29, 1.82) is 0 Å². The van der Waals surface area contributed by atoms with E-state index < -0.39 is 0 Å². The predicted octanol–water partition coefficient (Wildman–Crippen LogP) is 1.33. The SMILES string of the molecule is C[N+]1(Cc2ccccc2)CCN(CCOC(=O)C(c2ccccc2)c2ccccc2)CC1.[I-]. The van der Waals surface area contributed by atoms with E-state index in [-0.39, 0.29) is 35.9 Å². The first-order valence-electron chi connectivity index (χ1n) is 11.5. The third-order valence-corrected chi connectivity index (χ3v) is 6.47. The zero-order chi connectivity index (χ0) is 22.2. The number of carbonyl (C=O) groups excluding carboxylic acids is 1. The van der Waals surface area contributed by atoms with Crippen molar-refractivity contribution in [3.8, 4) is 0 Å². The Hall–Kier alpha value is -2.22. The number of nitrogens with zero attached hydrogens (tertiary/aromatic N) is 2. The van der Waals surface area contributed by atoms with Gasteiger partial charge in [0.1, 0.15) is 19.1 Å². The highest BCUT2D eigenvalue weighted by atomic mass is 127. The van der Waals surface area contributed by atoms with Crippen LogP contribution in [0.5, 0.6) is 0 Å². The summed E-state index contributed by atoms with van der Waals surface area (Å²) >= 11 is 0. The van der Waals surface area contributed by atoms with Crippen molar-refractivity contribution in [3.05, 3.63) is 108 Å². The van der Waals surface area contributed by atoms with Gasteiger partial charge >= 0.3 is 5.97 Å². The van der Waals surface area contributed by atoms with Crippen molar-refractivity contribution in [1.82, 2.24) is 4.90 Å². The molecule has 3 aromatic carbocycles. The molecule has 4 rings (SSSR count). The standard InChI is InChI=1S/C28H33N2O2.HI/c1-30(23-24-11-5-2-6-12-24)20-17-29(18-21-30)19-22-32-28(31)27(25-13-7-3-8-14-25)26-15-9-4-10-16-26;/h2-16,27H,17-23H2,1H3;1H/q+1;/p-1. The molecule has 1 saturated heterocycles. The van der Waals surface area contributed by atoms with Gasteiger partial charge < -0.3 is 33.2 Å². The minimum absolute atomic E-state index is 0. The summed E-state index contributed by atoms with van der Waals surface area (Å²) in [5.41, 5.74) is 3.33. The van der Waals surface area contributed by atoms with Crippen molar-refractivity contribution in [2.24, 2.45) is 0 Å². The molecule has 1 fully saturated rings. The fourth-order valence-corrected chi connectivity index (χ4v) is 4.51. The maximum Gasteiger partial charge on any atom is 0.317 e. The number of benzene rings is 3. The van der Waals surface area contributed by atoms with Gasteiger partial charge in [-0.1, -0.05) is 91.0 Å². The molecule has 0 atom stereocenters. The summed E-state index contributed by atoms with van der Waals surface area (Å²) in [6.07, 6.45) is 0. The van der Waals surface area contributed by atoms with Crippen molar-refractivity contribution < 1.29 is 38.0 Å². The average molecular weight is 556 g/mol. The summed E-state index contributed by atoms with van der Waals surface area (Å²) in [7, 11) is 2.34. The highest BCUT2D eigenvalue weighted by molar-refractivity contribution is 5.82. The van der Waals surface area contributed by atoms with E-state index in [0.717, 1.165) is 54.9 Å². The van der Waals surface area contributed by atoms with Gasteiger partial charge in [-0.25, -0.2) is 0 Å². The molecule has 1 aliphatic heterocycles. The summed E-state index contributed by atoms with van der Waals surface area (Å²) in [6, 6.07) is 30.5. The summed E-state index contributed by atoms with van der Waals surface area (Å²) in [5.74, 6) is -0.561. The maximum absolute atomic E-state index is 13.0. The van der Waals surface area contributed by atoms with E-state index in [4.69, 9.17) is 4.74 Å². The van der Waals surface area contributed by atoms with Gasteiger partial charge in [0.15, 0.2) is 0 Å². The summed E-state index contributed by atoms with van der Waals surface area (Å²) in [4.78, 5) is 15.5. The number of halogens is 1. The Balaban J connectivity index is 0.00000306. The van der Waals surface area contributed by atoms with Gasteiger partial charge in [-0.15, -0.1) is 0 Å². The van der Waals surface area contributed by atoms with Gasteiger partial charge in [0.25, 0.3) is 0 Å². The minimum Gasteiger partial charge on any atom is -1.00 e. The monoisotopic (exact) mass is 556 g/mol. The number of rotatable bonds is 8. The summed E-state index contributed by atoms with van der Waals surface area (Å²) in [5, 5.41) is 0. The Morgan fingerprint density at radius 1 is 0.848 bits per heavy atom. The predicted molar refractivity (Wildman–Crippen MR) is 128 cm³/mol. The Morgan fingerprint density at radius 3 is 1.85 bits per heavy atom. The Labute approximate surface area is 214 Å². The van der Waals surface area contributed by atoms with E-state index in [0.29, 0.717) is 6.61 Å². The lowest BCUT2D eigenvalue weighted by Gasteiger charge is -2.42. The highest BCUT2D eigenvalue weighted by Crippen LogP contribution is 2.26. The number of quaternary nitrogens is 1. The Morgan fingerprint density at radius 2 is 1.33 bits per heavy atom. The molecule has 3 aromatic rings. The molecule has 0 unspecified atom stereocenters. The van der Waals surface area contributed by atoms with Crippen LogP contribution in [0.1, 0.15) is 22.6 Å². The van der Waals surface area contributed by atoms with Crippen LogP contribution in [0.15, 0.2) is 91.0 Å². The molecule has 0 radical (unpaired) electrons. The van der Waals surface area contributed by atoms with Crippen LogP contribution in [0.3, 0.4) is 0 Å². The first-order valence-corrected chi connectivity index (χ1v) is 11.5. The molecule has 0 amide bonds. The van der Waals surface area contributed by atoms with Gasteiger partial charge in [-0.05, 0) is 11.1 Å². The lowest BCUT2D eigenvalue weighted by Crippen LogP contribution is -3.00. The molecule has 1 heterocycles. The molecule has 5 heteroatoms. The molecule has 174 valence electrons. The molecular formula is C28H33IN2O2. The van der Waals surface area contributed by atoms with Gasteiger partial charge in [-0.3, -0.25) is 9.69 Å². The average Bonchev–Trinajstić information content (AvgIpc) is 2.83. The number of carbonyl (C=O) groups is 1. The fraction of sp³-hybridized carbons (Fsp3) is 0.321. The van der Waals surface area contributed by atoms with Crippen molar-refractivity contribution in [2.75, 3.05) is 46.4 Å². The van der Waals surface area contributed by atoms with Gasteiger partial charge in [0, 0.05) is 25.2 Å². The van der Waals surface area contributed by atoms with E-state index in [9.17, 15) is 4.79 Å². The van der Waals surface area contributed by atoms with Gasteiger partial charge in [0.05, 0.1) is 20.1 Å². The molecular weight excluding hydrogens is 523 g/mol. The fourth-order valence-electron chi connectivity index (χ4n) is 4.51. The molecule has 0 spiro atoms. The number of piperazine rings is 1. The third-order valence-electron chi connectivity index (χ3n) is 6.47. The van der Waals surface area contributed by atoms with Crippen molar-refractivity contribution in [2.45, 2.75) is 12.5 Å². The second-order valence-corrected chi connectivity index (χ2v) is 8.97. The first-order chi connectivity index (χ1) is 15.6. The van der Waals surface area contributed by atoms with E-state index >= 15 is 0 Å². The second-order valence-electron chi connectivity index (χ2n) is 8.97. The molecule has 4 nitrogen and oxygen atoms in total. The van der Waals surface area contributed by atoms with Crippen LogP contribution in [0.4, 0.5) is 0 Å². The second kappa shape index (κ2) is 12.3. The van der Waals surface area contributed by atoms with Crippen LogP contribution in [-0.4, -0.2) is 61.7 Å². The molecule has 0 bridgehead atoms. The first kappa shape index (κ1) is 25.4. The van der Waals surface area contributed by atoms with Crippen LogP contribution < -0.4 is 24.0 Å². The van der Waals surface area contributed by atoms with Gasteiger partial charge in [0.2, 0.25) is 0 Å². The van der Waals surface area contributed by atoms with E-state index in [1.54, 1.807) is 0 Å². The molecule has 0 N–H and O–H groups in total. The van der Waals surface area contributed by atoms with E-state index in [2.05, 4.69) is 42.3 Å². The summed E-state index contributed by atoms with van der Waals surface area (Å²) in [6.45, 7) is 6.56. The number of hydrogen-bond acceptors (Lipinski definition) is 3. The highest BCUT2D eigenvalue weighted by Gasteiger charge is 2.29. The maximum atomic E-state index is 13.0. The van der Waals surface area contributed by atoms with Crippen LogP contribution in [0, 0.1) is 0 Å². The smallest absolute Gasteiger partial charge is 0.317 e. The molecule has 1 aliphatic rings. The number of likely N-dealkylation sites (N-methyl/N-ethyl adjacent to an activating group) is 1. The zero-order valence-corrected chi connectivity index (χ0v) is 21.4. The van der Waals surface area contributed by atoms with Crippen molar-refractivity contribution in [3.63, 3.8) is 0 Å². The van der Waals surface area contributed by atoms with Crippen LogP contribution in [0.25, 0.3) is 0 Å². The lowest BCUT2D eigenvalue weighted by atomic mass is 9.91. The van der Waals surface area contributed by atoms with E-state index in [1.807, 2.05) is 60.7 Å². The lowest BCUT2D eigenvalue weighted by molar-refractivity contribution is -0.926. The number of esters is 1. The van der Waals surface area contributed by atoms with Gasteiger partial charge in [-0.2, -0.15) is 0 Å². The largest absolute Gasteiger partial charge is 1.00 e. The molecule has 0 aliphatic carbocycles. The normalized spacial score (nSPS) is 15.6. The van der Waals surface area contributed by atoms with Crippen molar-refractivity contribution >= 4 is 5.97 Å². The van der Waals surface area contributed by atoms with Crippen LogP contribution >= 0.6 is 0 Å².